The van der Waals surface area contributed by atoms with Gasteiger partial charge in [-0.3, -0.25) is 4.79 Å². The molecule has 1 aliphatic rings. The molecule has 5 heteroatoms. The molecular weight excluding hydrogens is 180 g/mol. The van der Waals surface area contributed by atoms with Gasteiger partial charge in [-0.05, 0) is 13.8 Å². The van der Waals surface area contributed by atoms with Crippen molar-refractivity contribution in [3.8, 4) is 0 Å². The fourth-order valence-electron chi connectivity index (χ4n) is 1.64. The van der Waals surface area contributed by atoms with E-state index in [0.717, 1.165) is 4.90 Å². The molecule has 13 heavy (non-hydrogen) atoms. The summed E-state index contributed by atoms with van der Waals surface area (Å²) < 4.78 is 25.8. The van der Waals surface area contributed by atoms with Gasteiger partial charge < -0.3 is 10.0 Å². The molecule has 1 fully saturated rings. The van der Waals surface area contributed by atoms with Crippen LogP contribution in [0.2, 0.25) is 0 Å². The van der Waals surface area contributed by atoms with Crippen molar-refractivity contribution in [1.29, 1.82) is 0 Å². The second kappa shape index (κ2) is 3.21. The minimum Gasteiger partial charge on any atom is -0.394 e. The summed E-state index contributed by atoms with van der Waals surface area (Å²) in [5.74, 6) is -4.46. The minimum atomic E-state index is -3.29. The predicted octanol–water partition coefficient (Wildman–Crippen LogP) is 0.623. The van der Waals surface area contributed by atoms with Crippen LogP contribution in [-0.2, 0) is 4.79 Å². The minimum absolute atomic E-state index is 0.293. The molecule has 0 aromatic carbocycles. The number of rotatable bonds is 2. The van der Waals surface area contributed by atoms with Gasteiger partial charge in [-0.1, -0.05) is 0 Å². The van der Waals surface area contributed by atoms with Gasteiger partial charge in [0.15, 0.2) is 0 Å². The number of nitrogens with zero attached hydrogens (tertiary/aromatic N) is 1. The number of halogens is 2. The Morgan fingerprint density at radius 3 is 2.54 bits per heavy atom. The number of carbonyl (C=O) groups excluding carboxylic acids is 1. The summed E-state index contributed by atoms with van der Waals surface area (Å²) in [5.41, 5.74) is 0. The van der Waals surface area contributed by atoms with Crippen LogP contribution in [0.15, 0.2) is 0 Å². The molecule has 1 N–H and O–H groups in total. The van der Waals surface area contributed by atoms with E-state index in [1.165, 1.54) is 0 Å². The van der Waals surface area contributed by atoms with Gasteiger partial charge >= 0.3 is 5.92 Å². The van der Waals surface area contributed by atoms with E-state index in [4.69, 9.17) is 5.11 Å². The fourth-order valence-corrected chi connectivity index (χ4v) is 1.64. The predicted molar refractivity (Wildman–Crippen MR) is 42.4 cm³/mol. The zero-order chi connectivity index (χ0) is 10.2. The summed E-state index contributed by atoms with van der Waals surface area (Å²) in [7, 11) is 0. The average Bonchev–Trinajstić information content (AvgIpc) is 2.23. The molecule has 0 bridgehead atoms. The van der Waals surface area contributed by atoms with Crippen molar-refractivity contribution in [2.45, 2.75) is 38.3 Å². The van der Waals surface area contributed by atoms with E-state index in [2.05, 4.69) is 0 Å². The van der Waals surface area contributed by atoms with Crippen molar-refractivity contribution in [3.63, 3.8) is 0 Å². The summed E-state index contributed by atoms with van der Waals surface area (Å²) >= 11 is 0. The molecule has 1 rings (SSSR count). The Hall–Kier alpha value is -0.710. The van der Waals surface area contributed by atoms with E-state index in [-0.39, 0.29) is 6.04 Å². The summed E-state index contributed by atoms with van der Waals surface area (Å²) in [4.78, 5) is 12.2. The molecule has 0 aromatic rings. The lowest BCUT2D eigenvalue weighted by Crippen LogP contribution is -2.42. The molecule has 3 nitrogen and oxygen atoms in total. The molecule has 0 aromatic heterocycles. The third-order valence-corrected chi connectivity index (χ3v) is 2.20. The smallest absolute Gasteiger partial charge is 0.326 e. The van der Waals surface area contributed by atoms with Crippen molar-refractivity contribution in [2.24, 2.45) is 0 Å². The van der Waals surface area contributed by atoms with E-state index >= 15 is 0 Å². The Morgan fingerprint density at radius 2 is 2.23 bits per heavy atom. The van der Waals surface area contributed by atoms with E-state index in [1.54, 1.807) is 13.8 Å². The van der Waals surface area contributed by atoms with Gasteiger partial charge in [-0.25, -0.2) is 0 Å². The van der Waals surface area contributed by atoms with Crippen LogP contribution in [0.4, 0.5) is 8.78 Å². The largest absolute Gasteiger partial charge is 0.394 e. The van der Waals surface area contributed by atoms with Crippen molar-refractivity contribution >= 4 is 5.91 Å². The molecule has 1 aliphatic heterocycles. The van der Waals surface area contributed by atoms with Crippen LogP contribution >= 0.6 is 0 Å². The molecular formula is C8H13F2NO2. The first kappa shape index (κ1) is 10.4. The van der Waals surface area contributed by atoms with Crippen molar-refractivity contribution < 1.29 is 18.7 Å². The van der Waals surface area contributed by atoms with Crippen molar-refractivity contribution in [1.82, 2.24) is 4.90 Å². The topological polar surface area (TPSA) is 40.5 Å². The monoisotopic (exact) mass is 193 g/mol. The summed E-state index contributed by atoms with van der Waals surface area (Å²) in [6, 6.07) is -1.03. The second-order valence-electron chi connectivity index (χ2n) is 3.55. The van der Waals surface area contributed by atoms with Gasteiger partial charge in [-0.15, -0.1) is 0 Å². The van der Waals surface area contributed by atoms with Crippen LogP contribution in [0.5, 0.6) is 0 Å². The van der Waals surface area contributed by atoms with Gasteiger partial charge in [0, 0.05) is 12.5 Å². The standard InChI is InChI=1S/C8H13F2NO2/c1-5(2)11-6(4-12)3-8(9,10)7(11)13/h5-6,12H,3-4H2,1-2H3. The highest BCUT2D eigenvalue weighted by Crippen LogP contribution is 2.34. The molecule has 0 radical (unpaired) electrons. The number of aliphatic hydroxyl groups excluding tert-OH is 1. The molecule has 0 spiro atoms. The van der Waals surface area contributed by atoms with E-state index in [1.807, 2.05) is 0 Å². The van der Waals surface area contributed by atoms with Crippen LogP contribution in [0.25, 0.3) is 0 Å². The number of hydrogen-bond donors (Lipinski definition) is 1. The first-order chi connectivity index (χ1) is 5.90. The normalized spacial score (nSPS) is 27.4. The van der Waals surface area contributed by atoms with Gasteiger partial charge in [0.25, 0.3) is 5.91 Å². The second-order valence-corrected chi connectivity index (χ2v) is 3.55. The van der Waals surface area contributed by atoms with E-state index < -0.39 is 30.9 Å². The highest BCUT2D eigenvalue weighted by molar-refractivity contribution is 5.86. The van der Waals surface area contributed by atoms with Crippen molar-refractivity contribution in [3.05, 3.63) is 0 Å². The number of amides is 1. The zero-order valence-electron chi connectivity index (χ0n) is 7.63. The van der Waals surface area contributed by atoms with E-state index in [9.17, 15) is 13.6 Å². The lowest BCUT2D eigenvalue weighted by molar-refractivity contribution is -0.149. The maximum Gasteiger partial charge on any atom is 0.326 e. The van der Waals surface area contributed by atoms with Crippen LogP contribution < -0.4 is 0 Å². The first-order valence-corrected chi connectivity index (χ1v) is 4.21. The maximum atomic E-state index is 12.9. The van der Waals surface area contributed by atoms with Crippen molar-refractivity contribution in [2.75, 3.05) is 6.61 Å². The molecule has 76 valence electrons. The first-order valence-electron chi connectivity index (χ1n) is 4.21. The molecule has 0 aliphatic carbocycles. The average molecular weight is 193 g/mol. The Labute approximate surface area is 75.3 Å². The van der Waals surface area contributed by atoms with Gasteiger partial charge in [0.05, 0.1) is 12.6 Å². The molecule has 1 heterocycles. The maximum absolute atomic E-state index is 12.9. The number of aliphatic hydroxyl groups is 1. The van der Waals surface area contributed by atoms with Crippen LogP contribution in [0.1, 0.15) is 20.3 Å². The molecule has 1 unspecified atom stereocenters. The van der Waals surface area contributed by atoms with Gasteiger partial charge in [0.1, 0.15) is 0 Å². The number of likely N-dealkylation sites (tertiary alicyclic amines) is 1. The van der Waals surface area contributed by atoms with Crippen LogP contribution in [0, 0.1) is 0 Å². The number of alkyl halides is 2. The van der Waals surface area contributed by atoms with Gasteiger partial charge in [-0.2, -0.15) is 8.78 Å². The number of carbonyl (C=O) groups is 1. The lowest BCUT2D eigenvalue weighted by atomic mass is 10.2. The summed E-state index contributed by atoms with van der Waals surface area (Å²) in [5, 5.41) is 8.81. The Kier molecular flexibility index (Phi) is 2.56. The van der Waals surface area contributed by atoms with E-state index in [0.29, 0.717) is 0 Å². The molecule has 0 saturated carbocycles. The van der Waals surface area contributed by atoms with Crippen LogP contribution in [0.3, 0.4) is 0 Å². The zero-order valence-corrected chi connectivity index (χ0v) is 7.63. The quantitative estimate of drug-likeness (QED) is 0.698. The number of hydrogen-bond acceptors (Lipinski definition) is 2. The summed E-state index contributed by atoms with van der Waals surface area (Å²) in [6.45, 7) is 2.91. The Bertz CT molecular complexity index is 218. The third kappa shape index (κ3) is 1.65. The highest BCUT2D eigenvalue weighted by atomic mass is 19.3. The Balaban J connectivity index is 2.87. The van der Waals surface area contributed by atoms with Crippen LogP contribution in [-0.4, -0.2) is 40.5 Å². The lowest BCUT2D eigenvalue weighted by Gasteiger charge is -2.26. The SMILES string of the molecule is CC(C)N1C(=O)C(F)(F)CC1CO. The summed E-state index contributed by atoms with van der Waals surface area (Å²) in [6.07, 6.45) is -0.569. The highest BCUT2D eigenvalue weighted by Gasteiger charge is 2.53. The molecule has 1 saturated heterocycles. The van der Waals surface area contributed by atoms with Gasteiger partial charge in [0.2, 0.25) is 0 Å². The molecule has 1 amide bonds. The molecule has 1 atom stereocenters. The Morgan fingerprint density at radius 1 is 1.69 bits per heavy atom. The third-order valence-electron chi connectivity index (χ3n) is 2.20. The fraction of sp³-hybridized carbons (Fsp3) is 0.875.